The van der Waals surface area contributed by atoms with Crippen LogP contribution in [0.1, 0.15) is 36.1 Å². The molecule has 7 heteroatoms. The van der Waals surface area contributed by atoms with Gasteiger partial charge in [0.15, 0.2) is 5.76 Å². The van der Waals surface area contributed by atoms with E-state index in [2.05, 4.69) is 0 Å². The molecule has 0 aromatic carbocycles. The molecule has 0 aliphatic heterocycles. The zero-order valence-electron chi connectivity index (χ0n) is 10.8. The van der Waals surface area contributed by atoms with Gasteiger partial charge in [-0.1, -0.05) is 13.3 Å². The molecule has 0 aliphatic rings. The van der Waals surface area contributed by atoms with E-state index in [1.165, 1.54) is 17.9 Å². The number of primary sulfonamides is 1. The van der Waals surface area contributed by atoms with Crippen LogP contribution in [0.2, 0.25) is 0 Å². The van der Waals surface area contributed by atoms with Crippen LogP contribution in [0.15, 0.2) is 15.4 Å². The largest absolute Gasteiger partial charge is 0.455 e. The first-order valence-electron chi connectivity index (χ1n) is 5.66. The third-order valence-corrected chi connectivity index (χ3v) is 3.60. The zero-order chi connectivity index (χ0) is 13.9. The second-order valence-electron chi connectivity index (χ2n) is 4.16. The Balaban J connectivity index is 2.95. The average molecular weight is 274 g/mol. The van der Waals surface area contributed by atoms with Crippen molar-refractivity contribution in [1.82, 2.24) is 4.90 Å². The molecule has 0 bridgehead atoms. The quantitative estimate of drug-likeness (QED) is 0.870. The van der Waals surface area contributed by atoms with Gasteiger partial charge >= 0.3 is 0 Å². The Morgan fingerprint density at radius 1 is 1.50 bits per heavy atom. The predicted octanol–water partition coefficient (Wildman–Crippen LogP) is 1.11. The minimum absolute atomic E-state index is 0.00451. The smallest absolute Gasteiger partial charge is 0.289 e. The molecule has 0 aliphatic carbocycles. The van der Waals surface area contributed by atoms with E-state index in [-0.39, 0.29) is 22.3 Å². The van der Waals surface area contributed by atoms with Crippen LogP contribution in [0, 0.1) is 6.92 Å². The first kappa shape index (κ1) is 14.7. The molecule has 0 saturated carbocycles. The highest BCUT2D eigenvalue weighted by Gasteiger charge is 2.22. The van der Waals surface area contributed by atoms with Gasteiger partial charge in [-0.25, -0.2) is 13.6 Å². The number of unbranched alkanes of at least 4 members (excludes halogenated alkanes) is 1. The summed E-state index contributed by atoms with van der Waals surface area (Å²) in [5, 5.41) is 5.01. The lowest BCUT2D eigenvalue weighted by Gasteiger charge is -2.14. The normalized spacial score (nSPS) is 11.6. The van der Waals surface area contributed by atoms with E-state index in [1.807, 2.05) is 6.92 Å². The van der Waals surface area contributed by atoms with E-state index in [1.54, 1.807) is 7.05 Å². The van der Waals surface area contributed by atoms with Crippen LogP contribution in [0.25, 0.3) is 0 Å². The number of hydrogen-bond acceptors (Lipinski definition) is 4. The summed E-state index contributed by atoms with van der Waals surface area (Å²) in [4.78, 5) is 13.3. The van der Waals surface area contributed by atoms with Crippen LogP contribution >= 0.6 is 0 Å². The number of nitrogens with two attached hydrogens (primary N) is 1. The number of hydrogen-bond donors (Lipinski definition) is 1. The fourth-order valence-electron chi connectivity index (χ4n) is 1.54. The summed E-state index contributed by atoms with van der Waals surface area (Å²) in [7, 11) is -2.21. The number of sulfonamides is 1. The Kier molecular flexibility index (Phi) is 4.53. The first-order chi connectivity index (χ1) is 8.27. The van der Waals surface area contributed by atoms with Crippen LogP contribution in [-0.4, -0.2) is 32.8 Å². The maximum Gasteiger partial charge on any atom is 0.289 e. The number of furan rings is 1. The molecule has 102 valence electrons. The molecular formula is C11H18N2O4S. The maximum absolute atomic E-state index is 11.9. The van der Waals surface area contributed by atoms with Crippen LogP contribution in [0.5, 0.6) is 0 Å². The fraction of sp³-hybridized carbons (Fsp3) is 0.545. The molecule has 0 fully saturated rings. The average Bonchev–Trinajstić information content (AvgIpc) is 2.66. The molecule has 1 heterocycles. The predicted molar refractivity (Wildman–Crippen MR) is 66.7 cm³/mol. The van der Waals surface area contributed by atoms with Crippen LogP contribution in [0.3, 0.4) is 0 Å². The van der Waals surface area contributed by atoms with E-state index in [0.717, 1.165) is 12.8 Å². The lowest BCUT2D eigenvalue weighted by atomic mass is 10.3. The van der Waals surface area contributed by atoms with Crippen LogP contribution in [0.4, 0.5) is 0 Å². The number of aryl methyl sites for hydroxylation is 1. The minimum atomic E-state index is -3.85. The number of carbonyl (C=O) groups is 1. The molecule has 2 N–H and O–H groups in total. The Morgan fingerprint density at radius 3 is 2.56 bits per heavy atom. The Bertz CT molecular complexity index is 533. The van der Waals surface area contributed by atoms with Crippen LogP contribution < -0.4 is 5.14 Å². The lowest BCUT2D eigenvalue weighted by Crippen LogP contribution is -2.27. The summed E-state index contributed by atoms with van der Waals surface area (Å²) < 4.78 is 27.6. The highest BCUT2D eigenvalue weighted by atomic mass is 32.2. The summed E-state index contributed by atoms with van der Waals surface area (Å²) >= 11 is 0. The van der Waals surface area contributed by atoms with Gasteiger partial charge in [0.25, 0.3) is 5.91 Å². The molecule has 1 rings (SSSR count). The van der Waals surface area contributed by atoms with E-state index in [0.29, 0.717) is 6.54 Å². The molecule has 0 unspecified atom stereocenters. The summed E-state index contributed by atoms with van der Waals surface area (Å²) in [6, 6.07) is 1.18. The Hall–Kier alpha value is -1.34. The topological polar surface area (TPSA) is 93.6 Å². The summed E-state index contributed by atoms with van der Waals surface area (Å²) in [5.41, 5.74) is 0. The van der Waals surface area contributed by atoms with Crippen molar-refractivity contribution in [1.29, 1.82) is 0 Å². The second-order valence-corrected chi connectivity index (χ2v) is 5.69. The van der Waals surface area contributed by atoms with Crippen molar-refractivity contribution in [2.24, 2.45) is 5.14 Å². The number of rotatable bonds is 5. The van der Waals surface area contributed by atoms with E-state index in [4.69, 9.17) is 9.56 Å². The molecule has 0 spiro atoms. The molecule has 0 saturated heterocycles. The highest BCUT2D eigenvalue weighted by molar-refractivity contribution is 7.89. The highest BCUT2D eigenvalue weighted by Crippen LogP contribution is 2.19. The molecular weight excluding hydrogens is 256 g/mol. The Morgan fingerprint density at radius 2 is 2.11 bits per heavy atom. The number of amides is 1. The van der Waals surface area contributed by atoms with Gasteiger partial charge in [-0.15, -0.1) is 0 Å². The molecule has 1 amide bonds. The van der Waals surface area contributed by atoms with Gasteiger partial charge in [-0.05, 0) is 13.3 Å². The van der Waals surface area contributed by atoms with Crippen molar-refractivity contribution in [2.45, 2.75) is 31.6 Å². The number of nitrogens with zero attached hydrogens (tertiary/aromatic N) is 1. The summed E-state index contributed by atoms with van der Waals surface area (Å²) in [6.45, 7) is 4.08. The molecule has 18 heavy (non-hydrogen) atoms. The summed E-state index contributed by atoms with van der Waals surface area (Å²) in [6.07, 6.45) is 1.85. The van der Waals surface area contributed by atoms with Gasteiger partial charge in [0.1, 0.15) is 10.7 Å². The van der Waals surface area contributed by atoms with Gasteiger partial charge in [0.05, 0.1) is 0 Å². The monoisotopic (exact) mass is 274 g/mol. The van der Waals surface area contributed by atoms with Gasteiger partial charge in [-0.3, -0.25) is 4.79 Å². The third kappa shape index (κ3) is 3.33. The fourth-order valence-corrected chi connectivity index (χ4v) is 2.25. The lowest BCUT2D eigenvalue weighted by molar-refractivity contribution is 0.0760. The summed E-state index contributed by atoms with van der Waals surface area (Å²) in [5.74, 6) is -0.221. The van der Waals surface area contributed by atoms with Crippen LogP contribution in [-0.2, 0) is 10.0 Å². The van der Waals surface area contributed by atoms with E-state index in [9.17, 15) is 13.2 Å². The SMILES string of the molecule is CCCCN(C)C(=O)c1cc(S(N)(=O)=O)c(C)o1. The maximum atomic E-state index is 11.9. The van der Waals surface area contributed by atoms with Crippen molar-refractivity contribution in [2.75, 3.05) is 13.6 Å². The van der Waals surface area contributed by atoms with Crippen molar-refractivity contribution in [3.05, 3.63) is 17.6 Å². The minimum Gasteiger partial charge on any atom is -0.455 e. The van der Waals surface area contributed by atoms with Gasteiger partial charge in [-0.2, -0.15) is 0 Å². The molecule has 1 aromatic rings. The van der Waals surface area contributed by atoms with Gasteiger partial charge in [0, 0.05) is 19.7 Å². The zero-order valence-corrected chi connectivity index (χ0v) is 11.6. The molecule has 0 radical (unpaired) electrons. The van der Waals surface area contributed by atoms with E-state index >= 15 is 0 Å². The first-order valence-corrected chi connectivity index (χ1v) is 7.20. The van der Waals surface area contributed by atoms with Crippen molar-refractivity contribution in [3.63, 3.8) is 0 Å². The van der Waals surface area contributed by atoms with Crippen molar-refractivity contribution in [3.8, 4) is 0 Å². The van der Waals surface area contributed by atoms with Gasteiger partial charge < -0.3 is 9.32 Å². The van der Waals surface area contributed by atoms with Crippen molar-refractivity contribution < 1.29 is 17.6 Å². The standard InChI is InChI=1S/C11H18N2O4S/c1-4-5-6-13(3)11(14)9-7-10(8(2)17-9)18(12,15)16/h7H,4-6H2,1-3H3,(H2,12,15,16). The Labute approximate surface area is 107 Å². The molecule has 0 atom stereocenters. The molecule has 6 nitrogen and oxygen atoms in total. The van der Waals surface area contributed by atoms with Crippen molar-refractivity contribution >= 4 is 15.9 Å². The number of carbonyl (C=O) groups excluding carboxylic acids is 1. The molecule has 1 aromatic heterocycles. The van der Waals surface area contributed by atoms with Gasteiger partial charge in [0.2, 0.25) is 10.0 Å². The third-order valence-electron chi connectivity index (χ3n) is 2.58. The second kappa shape index (κ2) is 5.53. The van der Waals surface area contributed by atoms with E-state index < -0.39 is 10.0 Å².